The Labute approximate surface area is 129 Å². The lowest BCUT2D eigenvalue weighted by atomic mass is 9.72. The largest absolute Gasteiger partial charge is 0.394 e. The van der Waals surface area contributed by atoms with E-state index in [4.69, 9.17) is 4.74 Å². The number of ether oxygens (including phenoxy) is 1. The first-order valence-electron chi connectivity index (χ1n) is 7.90. The van der Waals surface area contributed by atoms with E-state index >= 15 is 0 Å². The highest BCUT2D eigenvalue weighted by Crippen LogP contribution is 2.41. The highest BCUT2D eigenvalue weighted by Gasteiger charge is 2.42. The van der Waals surface area contributed by atoms with E-state index in [9.17, 15) is 9.90 Å². The van der Waals surface area contributed by atoms with Gasteiger partial charge in [0.05, 0.1) is 19.1 Å². The maximum Gasteiger partial charge on any atom is 0.229 e. The van der Waals surface area contributed by atoms with Gasteiger partial charge in [0, 0.05) is 19.8 Å². The molecule has 122 valence electrons. The SMILES string of the molecule is Cc1nonc1CC(=O)N1CC2(CCOCC2)CCC1CO. The molecule has 3 heterocycles. The molecule has 1 aromatic heterocycles. The number of carbonyl (C=O) groups is 1. The zero-order valence-electron chi connectivity index (χ0n) is 13.0. The third-order valence-corrected chi connectivity index (χ3v) is 5.10. The van der Waals surface area contributed by atoms with Crippen LogP contribution in [0.3, 0.4) is 0 Å². The van der Waals surface area contributed by atoms with Gasteiger partial charge in [-0.2, -0.15) is 0 Å². The van der Waals surface area contributed by atoms with Crippen molar-refractivity contribution in [2.24, 2.45) is 5.41 Å². The van der Waals surface area contributed by atoms with Crippen LogP contribution < -0.4 is 0 Å². The molecular weight excluding hydrogens is 286 g/mol. The first kappa shape index (κ1) is 15.4. The van der Waals surface area contributed by atoms with Crippen LogP contribution in [0.5, 0.6) is 0 Å². The molecule has 1 amide bonds. The number of amides is 1. The Morgan fingerprint density at radius 3 is 2.77 bits per heavy atom. The molecule has 0 aliphatic carbocycles. The average molecular weight is 309 g/mol. The lowest BCUT2D eigenvalue weighted by Crippen LogP contribution is -2.54. The van der Waals surface area contributed by atoms with Gasteiger partial charge in [-0.05, 0) is 38.0 Å². The Kier molecular flexibility index (Phi) is 4.44. The van der Waals surface area contributed by atoms with Gasteiger partial charge in [0.15, 0.2) is 0 Å². The van der Waals surface area contributed by atoms with Crippen LogP contribution in [0, 0.1) is 12.3 Å². The number of aryl methyl sites for hydroxylation is 1. The summed E-state index contributed by atoms with van der Waals surface area (Å²) in [6.45, 7) is 4.01. The van der Waals surface area contributed by atoms with Gasteiger partial charge < -0.3 is 14.7 Å². The summed E-state index contributed by atoms with van der Waals surface area (Å²) in [7, 11) is 0. The second-order valence-electron chi connectivity index (χ2n) is 6.48. The summed E-state index contributed by atoms with van der Waals surface area (Å²) >= 11 is 0. The van der Waals surface area contributed by atoms with Crippen molar-refractivity contribution < 1.29 is 19.3 Å². The number of rotatable bonds is 3. The van der Waals surface area contributed by atoms with Gasteiger partial charge in [-0.1, -0.05) is 10.3 Å². The number of carbonyl (C=O) groups excluding carboxylic acids is 1. The van der Waals surface area contributed by atoms with E-state index in [2.05, 4.69) is 14.9 Å². The summed E-state index contributed by atoms with van der Waals surface area (Å²) in [5, 5.41) is 17.1. The average Bonchev–Trinajstić information content (AvgIpc) is 2.93. The van der Waals surface area contributed by atoms with Crippen molar-refractivity contribution in [2.75, 3.05) is 26.4 Å². The smallest absolute Gasteiger partial charge is 0.229 e. The van der Waals surface area contributed by atoms with Crippen molar-refractivity contribution in [1.29, 1.82) is 0 Å². The number of hydrogen-bond donors (Lipinski definition) is 1. The van der Waals surface area contributed by atoms with Crippen LogP contribution in [0.25, 0.3) is 0 Å². The van der Waals surface area contributed by atoms with Crippen molar-refractivity contribution in [2.45, 2.75) is 45.1 Å². The van der Waals surface area contributed by atoms with E-state index in [1.54, 1.807) is 6.92 Å². The Morgan fingerprint density at radius 1 is 1.36 bits per heavy atom. The predicted molar refractivity (Wildman–Crippen MR) is 77.0 cm³/mol. The van der Waals surface area contributed by atoms with E-state index in [-0.39, 0.29) is 30.4 Å². The van der Waals surface area contributed by atoms with Gasteiger partial charge in [-0.15, -0.1) is 0 Å². The van der Waals surface area contributed by atoms with Crippen molar-refractivity contribution in [3.05, 3.63) is 11.4 Å². The van der Waals surface area contributed by atoms with Gasteiger partial charge in [-0.3, -0.25) is 4.79 Å². The quantitative estimate of drug-likeness (QED) is 0.884. The molecule has 0 saturated carbocycles. The van der Waals surface area contributed by atoms with Crippen molar-refractivity contribution in [1.82, 2.24) is 15.2 Å². The Bertz CT molecular complexity index is 525. The molecule has 1 aromatic rings. The molecule has 1 spiro atoms. The summed E-state index contributed by atoms with van der Waals surface area (Å²) in [6.07, 6.45) is 4.05. The molecule has 2 saturated heterocycles. The van der Waals surface area contributed by atoms with E-state index in [0.29, 0.717) is 17.9 Å². The van der Waals surface area contributed by atoms with Gasteiger partial charge in [-0.25, -0.2) is 4.63 Å². The minimum atomic E-state index is -0.0962. The Balaban J connectivity index is 1.73. The molecule has 1 N–H and O–H groups in total. The fourth-order valence-electron chi connectivity index (χ4n) is 3.55. The molecule has 22 heavy (non-hydrogen) atoms. The zero-order chi connectivity index (χ0) is 15.6. The number of aliphatic hydroxyl groups excluding tert-OH is 1. The van der Waals surface area contributed by atoms with Crippen LogP contribution in [0.1, 0.15) is 37.1 Å². The molecule has 2 aliphatic heterocycles. The molecule has 7 nitrogen and oxygen atoms in total. The Hall–Kier alpha value is -1.47. The molecule has 7 heteroatoms. The normalized spacial score (nSPS) is 24.6. The number of likely N-dealkylation sites (tertiary alicyclic amines) is 1. The molecule has 0 bridgehead atoms. The number of hydrogen-bond acceptors (Lipinski definition) is 6. The van der Waals surface area contributed by atoms with E-state index < -0.39 is 0 Å². The zero-order valence-corrected chi connectivity index (χ0v) is 13.0. The first-order chi connectivity index (χ1) is 10.6. The van der Waals surface area contributed by atoms with Crippen LogP contribution in [0.2, 0.25) is 0 Å². The van der Waals surface area contributed by atoms with E-state index in [1.165, 1.54) is 0 Å². The summed E-state index contributed by atoms with van der Waals surface area (Å²) < 4.78 is 10.1. The number of piperidine rings is 1. The number of aromatic nitrogens is 2. The number of nitrogens with zero attached hydrogens (tertiary/aromatic N) is 3. The van der Waals surface area contributed by atoms with Crippen molar-refractivity contribution >= 4 is 5.91 Å². The van der Waals surface area contributed by atoms with Crippen LogP contribution in [-0.4, -0.2) is 58.6 Å². The summed E-state index contributed by atoms with van der Waals surface area (Å²) in [5.74, 6) is -0.0107. The Morgan fingerprint density at radius 2 is 2.14 bits per heavy atom. The van der Waals surface area contributed by atoms with Crippen LogP contribution in [0.4, 0.5) is 0 Å². The van der Waals surface area contributed by atoms with Crippen molar-refractivity contribution in [3.8, 4) is 0 Å². The van der Waals surface area contributed by atoms with Crippen LogP contribution in [0.15, 0.2) is 4.63 Å². The molecule has 0 radical (unpaired) electrons. The molecule has 0 aromatic carbocycles. The van der Waals surface area contributed by atoms with Crippen molar-refractivity contribution in [3.63, 3.8) is 0 Å². The van der Waals surface area contributed by atoms with E-state index in [0.717, 1.165) is 38.9 Å². The lowest BCUT2D eigenvalue weighted by Gasteiger charge is -2.48. The second kappa shape index (κ2) is 6.34. The third-order valence-electron chi connectivity index (χ3n) is 5.10. The maximum absolute atomic E-state index is 12.7. The molecule has 3 rings (SSSR count). The lowest BCUT2D eigenvalue weighted by molar-refractivity contribution is -0.142. The van der Waals surface area contributed by atoms with Gasteiger partial charge >= 0.3 is 0 Å². The molecule has 2 aliphatic rings. The predicted octanol–water partition coefficient (Wildman–Crippen LogP) is 0.701. The minimum absolute atomic E-state index is 0.00830. The van der Waals surface area contributed by atoms with Crippen LogP contribution >= 0.6 is 0 Å². The summed E-state index contributed by atoms with van der Waals surface area (Å²) in [4.78, 5) is 14.5. The highest BCUT2D eigenvalue weighted by molar-refractivity contribution is 5.79. The second-order valence-corrected chi connectivity index (χ2v) is 6.48. The van der Waals surface area contributed by atoms with Gasteiger partial charge in [0.2, 0.25) is 5.91 Å². The molecular formula is C15H23N3O4. The summed E-state index contributed by atoms with van der Waals surface area (Å²) in [6, 6.07) is -0.0962. The molecule has 2 fully saturated rings. The first-order valence-corrected chi connectivity index (χ1v) is 7.90. The highest BCUT2D eigenvalue weighted by atomic mass is 16.6. The van der Waals surface area contributed by atoms with E-state index in [1.807, 2.05) is 4.90 Å². The third kappa shape index (κ3) is 3.01. The maximum atomic E-state index is 12.7. The monoisotopic (exact) mass is 309 g/mol. The topological polar surface area (TPSA) is 88.7 Å². The fraction of sp³-hybridized carbons (Fsp3) is 0.800. The molecule has 1 unspecified atom stereocenters. The van der Waals surface area contributed by atoms with Crippen LogP contribution in [-0.2, 0) is 16.0 Å². The standard InChI is InChI=1S/C15H23N3O4/c1-11-13(17-22-16-11)8-14(20)18-10-15(3-2-12(18)9-19)4-6-21-7-5-15/h12,19H,2-10H2,1H3. The fourth-order valence-corrected chi connectivity index (χ4v) is 3.55. The summed E-state index contributed by atoms with van der Waals surface area (Å²) in [5.41, 5.74) is 1.37. The van der Waals surface area contributed by atoms with Gasteiger partial charge in [0.25, 0.3) is 0 Å². The molecule has 1 atom stereocenters. The van der Waals surface area contributed by atoms with Gasteiger partial charge in [0.1, 0.15) is 11.4 Å². The minimum Gasteiger partial charge on any atom is -0.394 e. The number of aliphatic hydroxyl groups is 1.